The third-order valence-electron chi connectivity index (χ3n) is 8.13. The van der Waals surface area contributed by atoms with Crippen LogP contribution in [0.4, 0.5) is 32.2 Å². The Morgan fingerprint density at radius 1 is 1.07 bits per heavy atom. The maximum atomic E-state index is 13.6. The number of aromatic nitrogens is 2. The molecule has 42 heavy (non-hydrogen) atoms. The third kappa shape index (κ3) is 5.63. The number of aromatic carboxylic acids is 1. The highest BCUT2D eigenvalue weighted by Gasteiger charge is 2.44. The molecule has 2 atom stereocenters. The molecule has 1 aromatic carbocycles. The first kappa shape index (κ1) is 28.3. The number of hydrogen-bond donors (Lipinski definition) is 2. The minimum Gasteiger partial charge on any atom is -0.478 e. The van der Waals surface area contributed by atoms with Gasteiger partial charge in [0.15, 0.2) is 0 Å². The summed E-state index contributed by atoms with van der Waals surface area (Å²) < 4.78 is 89.9. The van der Waals surface area contributed by atoms with Crippen molar-refractivity contribution in [2.45, 2.75) is 81.7 Å². The first-order valence-corrected chi connectivity index (χ1v) is 13.5. The summed E-state index contributed by atoms with van der Waals surface area (Å²) in [5.41, 5.74) is -1.04. The van der Waals surface area contributed by atoms with Gasteiger partial charge in [0.05, 0.1) is 11.1 Å². The number of anilines is 1. The summed E-state index contributed by atoms with van der Waals surface area (Å²) >= 11 is 0. The lowest BCUT2D eigenvalue weighted by atomic mass is 9.96. The molecule has 3 aliphatic rings. The van der Waals surface area contributed by atoms with E-state index in [2.05, 4.69) is 20.2 Å². The molecule has 8 nitrogen and oxygen atoms in total. The molecule has 2 bridgehead atoms. The normalized spacial score (nSPS) is 22.4. The Labute approximate surface area is 235 Å². The third-order valence-corrected chi connectivity index (χ3v) is 8.13. The number of piperidine rings is 1. The van der Waals surface area contributed by atoms with Gasteiger partial charge in [-0.25, -0.2) is 9.78 Å². The van der Waals surface area contributed by atoms with Crippen LogP contribution in [0.5, 0.6) is 5.75 Å². The van der Waals surface area contributed by atoms with Crippen molar-refractivity contribution in [3.05, 3.63) is 59.0 Å². The van der Waals surface area contributed by atoms with E-state index in [0.29, 0.717) is 24.2 Å². The number of carboxylic acid groups (broad SMARTS) is 1. The fourth-order valence-corrected chi connectivity index (χ4v) is 6.20. The van der Waals surface area contributed by atoms with Gasteiger partial charge < -0.3 is 24.6 Å². The number of benzene rings is 1. The first-order chi connectivity index (χ1) is 19.9. The molecule has 6 rings (SSSR count). The van der Waals surface area contributed by atoms with Crippen LogP contribution in [0.3, 0.4) is 0 Å². The molecule has 0 radical (unpaired) electrons. The van der Waals surface area contributed by atoms with Gasteiger partial charge in [0, 0.05) is 47.9 Å². The Bertz CT molecular complexity index is 1470. The van der Waals surface area contributed by atoms with Gasteiger partial charge in [-0.15, -0.1) is 13.2 Å². The smallest absolute Gasteiger partial charge is 0.478 e. The van der Waals surface area contributed by atoms with Crippen molar-refractivity contribution in [3.63, 3.8) is 0 Å². The zero-order chi connectivity index (χ0) is 29.8. The lowest BCUT2D eigenvalue weighted by Gasteiger charge is -2.40. The summed E-state index contributed by atoms with van der Waals surface area (Å²) in [5.74, 6) is -1.22. The molecular formula is C28H26F6N4O4. The van der Waals surface area contributed by atoms with Gasteiger partial charge in [-0.2, -0.15) is 13.2 Å². The summed E-state index contributed by atoms with van der Waals surface area (Å²) in [4.78, 5) is 17.3. The van der Waals surface area contributed by atoms with Crippen molar-refractivity contribution in [3.8, 4) is 17.0 Å². The summed E-state index contributed by atoms with van der Waals surface area (Å²) in [6.07, 6.45) is -4.53. The second-order valence-corrected chi connectivity index (χ2v) is 10.9. The molecule has 4 heterocycles. The second kappa shape index (κ2) is 10.5. The zero-order valence-corrected chi connectivity index (χ0v) is 22.0. The largest absolute Gasteiger partial charge is 0.573 e. The van der Waals surface area contributed by atoms with E-state index in [4.69, 9.17) is 4.52 Å². The molecule has 1 aliphatic carbocycles. The predicted octanol–water partition coefficient (Wildman–Crippen LogP) is 6.52. The van der Waals surface area contributed by atoms with Crippen LogP contribution in [-0.4, -0.2) is 45.7 Å². The number of alkyl halides is 6. The quantitative estimate of drug-likeness (QED) is 0.284. The monoisotopic (exact) mass is 596 g/mol. The van der Waals surface area contributed by atoms with E-state index < -0.39 is 29.6 Å². The number of pyridine rings is 1. The molecular weight excluding hydrogens is 570 g/mol. The van der Waals surface area contributed by atoms with Gasteiger partial charge in [0.1, 0.15) is 23.0 Å². The highest BCUT2D eigenvalue weighted by atomic mass is 19.4. The van der Waals surface area contributed by atoms with Crippen LogP contribution in [0, 0.1) is 0 Å². The van der Waals surface area contributed by atoms with Crippen LogP contribution in [0.25, 0.3) is 11.3 Å². The highest BCUT2D eigenvalue weighted by molar-refractivity contribution is 5.89. The summed E-state index contributed by atoms with van der Waals surface area (Å²) in [6.45, 7) is 0.277. The minimum atomic E-state index is -4.88. The van der Waals surface area contributed by atoms with Crippen molar-refractivity contribution < 1.29 is 45.5 Å². The Hall–Kier alpha value is -3.81. The number of para-hydroxylation sites is 1. The number of fused-ring (bicyclic) bond motifs is 2. The molecule has 2 saturated heterocycles. The molecule has 224 valence electrons. The van der Waals surface area contributed by atoms with Gasteiger partial charge in [-0.05, 0) is 56.7 Å². The molecule has 2 aliphatic heterocycles. The molecule has 2 N–H and O–H groups in total. The maximum Gasteiger partial charge on any atom is 0.573 e. The Balaban J connectivity index is 1.21. The molecule has 1 saturated carbocycles. The van der Waals surface area contributed by atoms with Crippen LogP contribution in [0.1, 0.15) is 71.7 Å². The zero-order valence-electron chi connectivity index (χ0n) is 22.0. The number of rotatable bonds is 8. The van der Waals surface area contributed by atoms with Crippen molar-refractivity contribution in [2.75, 3.05) is 4.90 Å². The molecule has 0 amide bonds. The lowest BCUT2D eigenvalue weighted by Crippen LogP contribution is -2.49. The van der Waals surface area contributed by atoms with Gasteiger partial charge >= 0.3 is 18.5 Å². The summed E-state index contributed by atoms with van der Waals surface area (Å²) in [6, 6.07) is 6.30. The number of carbonyl (C=O) groups is 1. The van der Waals surface area contributed by atoms with E-state index in [1.165, 1.54) is 18.2 Å². The summed E-state index contributed by atoms with van der Waals surface area (Å²) in [7, 11) is 0. The Morgan fingerprint density at radius 3 is 2.38 bits per heavy atom. The number of nitrogens with one attached hydrogen (secondary N) is 1. The van der Waals surface area contributed by atoms with Gasteiger partial charge in [-0.1, -0.05) is 17.3 Å². The number of ether oxygens (including phenoxy) is 1. The van der Waals surface area contributed by atoms with Crippen molar-refractivity contribution in [1.29, 1.82) is 0 Å². The fourth-order valence-electron chi connectivity index (χ4n) is 6.20. The van der Waals surface area contributed by atoms with Crippen molar-refractivity contribution in [2.24, 2.45) is 0 Å². The SMILES string of the molecule is O=C(O)c1cnc(N2C3CCC2CC(NCc2c(-c4ccccc4OC(F)(F)F)noc2C2CC2)C3)cc1C(F)(F)F. The molecule has 0 spiro atoms. The molecule has 14 heteroatoms. The predicted molar refractivity (Wildman–Crippen MR) is 136 cm³/mol. The fraction of sp³-hybridized carbons (Fsp3) is 0.464. The van der Waals surface area contributed by atoms with Crippen molar-refractivity contribution in [1.82, 2.24) is 15.5 Å². The van der Waals surface area contributed by atoms with Gasteiger partial charge in [0.25, 0.3) is 0 Å². The van der Waals surface area contributed by atoms with E-state index >= 15 is 0 Å². The Kier molecular flexibility index (Phi) is 7.06. The average molecular weight is 597 g/mol. The highest BCUT2D eigenvalue weighted by Crippen LogP contribution is 2.46. The van der Waals surface area contributed by atoms with E-state index in [0.717, 1.165) is 37.9 Å². The first-order valence-electron chi connectivity index (χ1n) is 13.5. The van der Waals surface area contributed by atoms with E-state index in [1.54, 1.807) is 6.07 Å². The molecule has 2 aromatic heterocycles. The summed E-state index contributed by atoms with van der Waals surface area (Å²) in [5, 5.41) is 16.8. The number of halogens is 6. The molecule has 3 fully saturated rings. The van der Waals surface area contributed by atoms with Crippen LogP contribution in [0.2, 0.25) is 0 Å². The van der Waals surface area contributed by atoms with Gasteiger partial charge in [0.2, 0.25) is 0 Å². The van der Waals surface area contributed by atoms with E-state index in [1.807, 2.05) is 4.90 Å². The molecule has 2 unspecified atom stereocenters. The number of carboxylic acids is 1. The lowest BCUT2D eigenvalue weighted by molar-refractivity contribution is -0.274. The number of hydrogen-bond acceptors (Lipinski definition) is 7. The average Bonchev–Trinajstić information content (AvgIpc) is 3.62. The van der Waals surface area contributed by atoms with E-state index in [9.17, 15) is 36.2 Å². The van der Waals surface area contributed by atoms with Crippen LogP contribution >= 0.6 is 0 Å². The van der Waals surface area contributed by atoms with E-state index in [-0.39, 0.29) is 53.4 Å². The van der Waals surface area contributed by atoms with Crippen molar-refractivity contribution >= 4 is 11.8 Å². The second-order valence-electron chi connectivity index (χ2n) is 10.9. The van der Waals surface area contributed by atoms with Crippen LogP contribution in [0.15, 0.2) is 41.1 Å². The molecule has 3 aromatic rings. The topological polar surface area (TPSA) is 101 Å². The number of nitrogens with zero attached hydrogens (tertiary/aromatic N) is 3. The van der Waals surface area contributed by atoms with Crippen LogP contribution in [-0.2, 0) is 12.7 Å². The maximum absolute atomic E-state index is 13.6. The minimum absolute atomic E-state index is 0.0319. The Morgan fingerprint density at radius 2 is 1.76 bits per heavy atom. The van der Waals surface area contributed by atoms with Crippen LogP contribution < -0.4 is 15.0 Å². The standard InChI is InChI=1S/C28H26F6N4O4/c29-27(30,31)21-11-23(36-12-19(21)26(39)40)38-16-7-8-17(38)10-15(9-16)35-13-20-24(37-42-25(20)14-5-6-14)18-3-1-2-4-22(18)41-28(32,33)34/h1-4,11-12,14-17,35H,5-10,13H2,(H,39,40). The van der Waals surface area contributed by atoms with Gasteiger partial charge in [-0.3, -0.25) is 0 Å².